The lowest BCUT2D eigenvalue weighted by Crippen LogP contribution is -2.42. The second kappa shape index (κ2) is 8.01. The molecular formula is C22H20Cl2N2O3. The Morgan fingerprint density at radius 2 is 1.79 bits per heavy atom. The van der Waals surface area contributed by atoms with Crippen LogP contribution in [0.15, 0.2) is 54.7 Å². The van der Waals surface area contributed by atoms with Gasteiger partial charge in [-0.3, -0.25) is 4.79 Å². The van der Waals surface area contributed by atoms with Crippen LogP contribution < -0.4 is 9.47 Å². The topological polar surface area (TPSA) is 43.7 Å². The Hall–Kier alpha value is -2.63. The molecule has 150 valence electrons. The average Bonchev–Trinajstić information content (AvgIpc) is 3.21. The van der Waals surface area contributed by atoms with Crippen molar-refractivity contribution in [2.75, 3.05) is 20.8 Å². The van der Waals surface area contributed by atoms with E-state index in [1.165, 1.54) is 0 Å². The van der Waals surface area contributed by atoms with Gasteiger partial charge in [-0.05, 0) is 48.0 Å². The lowest BCUT2D eigenvalue weighted by Gasteiger charge is -2.37. The number of fused-ring (bicyclic) bond motifs is 1. The molecule has 3 aromatic rings. The standard InChI is InChI=1S/C22H20Cl2N2O3/c1-28-19-8-5-14(12-20(19)29-2)21-18-4-3-9-25(18)10-11-26(21)22(27)16-7-6-15(23)13-17(16)24/h3-9,12-13,21H,10-11H2,1-2H3. The first-order valence-electron chi connectivity index (χ1n) is 9.16. The second-order valence-corrected chi connectivity index (χ2v) is 7.61. The minimum Gasteiger partial charge on any atom is -0.493 e. The zero-order valence-corrected chi connectivity index (χ0v) is 17.6. The summed E-state index contributed by atoms with van der Waals surface area (Å²) in [5.74, 6) is 1.12. The van der Waals surface area contributed by atoms with Crippen molar-refractivity contribution >= 4 is 29.1 Å². The van der Waals surface area contributed by atoms with Gasteiger partial charge in [0, 0.05) is 30.0 Å². The van der Waals surface area contributed by atoms with Crippen LogP contribution in [0, 0.1) is 0 Å². The summed E-state index contributed by atoms with van der Waals surface area (Å²) in [5.41, 5.74) is 2.39. The van der Waals surface area contributed by atoms with Crippen LogP contribution >= 0.6 is 23.2 Å². The van der Waals surface area contributed by atoms with Crippen LogP contribution in [0.1, 0.15) is 27.7 Å². The molecule has 1 aromatic heterocycles. The Bertz CT molecular complexity index is 1060. The third-order valence-electron chi connectivity index (χ3n) is 5.18. The van der Waals surface area contributed by atoms with Crippen LogP contribution in [0.3, 0.4) is 0 Å². The van der Waals surface area contributed by atoms with Crippen molar-refractivity contribution in [1.29, 1.82) is 0 Å². The normalized spacial score (nSPS) is 15.7. The van der Waals surface area contributed by atoms with E-state index in [1.807, 2.05) is 41.4 Å². The molecule has 0 aliphatic carbocycles. The van der Waals surface area contributed by atoms with Crippen molar-refractivity contribution in [3.05, 3.63) is 81.6 Å². The summed E-state index contributed by atoms with van der Waals surface area (Å²) in [5, 5.41) is 0.838. The fourth-order valence-electron chi connectivity index (χ4n) is 3.79. The molecule has 0 bridgehead atoms. The fourth-order valence-corrected chi connectivity index (χ4v) is 4.28. The molecule has 1 unspecified atom stereocenters. The monoisotopic (exact) mass is 430 g/mol. The highest BCUT2D eigenvalue weighted by molar-refractivity contribution is 6.36. The van der Waals surface area contributed by atoms with E-state index < -0.39 is 0 Å². The summed E-state index contributed by atoms with van der Waals surface area (Å²) in [6.45, 7) is 1.27. The van der Waals surface area contributed by atoms with Crippen LogP contribution in [0.4, 0.5) is 0 Å². The van der Waals surface area contributed by atoms with Gasteiger partial charge in [0.15, 0.2) is 11.5 Å². The number of hydrogen-bond acceptors (Lipinski definition) is 3. The van der Waals surface area contributed by atoms with E-state index in [0.29, 0.717) is 40.2 Å². The molecule has 1 aliphatic rings. The summed E-state index contributed by atoms with van der Waals surface area (Å²) in [7, 11) is 3.20. The van der Waals surface area contributed by atoms with Crippen LogP contribution in [0.5, 0.6) is 11.5 Å². The number of benzene rings is 2. The molecule has 0 saturated heterocycles. The highest BCUT2D eigenvalue weighted by Crippen LogP contribution is 2.38. The molecule has 7 heteroatoms. The Balaban J connectivity index is 1.80. The number of ether oxygens (including phenoxy) is 2. The Kier molecular flexibility index (Phi) is 5.43. The molecule has 0 spiro atoms. The molecule has 2 aromatic carbocycles. The number of hydrogen-bond donors (Lipinski definition) is 0. The number of nitrogens with zero attached hydrogens (tertiary/aromatic N) is 2. The SMILES string of the molecule is COc1ccc(C2c3cccn3CCN2C(=O)c2ccc(Cl)cc2Cl)cc1OC. The van der Waals surface area contributed by atoms with E-state index in [-0.39, 0.29) is 11.9 Å². The third kappa shape index (κ3) is 3.56. The molecule has 0 fully saturated rings. The Morgan fingerprint density at radius 3 is 2.52 bits per heavy atom. The summed E-state index contributed by atoms with van der Waals surface area (Å²) in [6.07, 6.45) is 2.03. The van der Waals surface area contributed by atoms with Crippen molar-refractivity contribution in [2.45, 2.75) is 12.6 Å². The van der Waals surface area contributed by atoms with Crippen molar-refractivity contribution in [1.82, 2.24) is 9.47 Å². The molecule has 4 rings (SSSR count). The lowest BCUT2D eigenvalue weighted by molar-refractivity contribution is 0.0664. The van der Waals surface area contributed by atoms with Gasteiger partial charge in [0.25, 0.3) is 5.91 Å². The Morgan fingerprint density at radius 1 is 1.00 bits per heavy atom. The van der Waals surface area contributed by atoms with Gasteiger partial charge >= 0.3 is 0 Å². The number of carbonyl (C=O) groups excluding carboxylic acids is 1. The van der Waals surface area contributed by atoms with Crippen LogP contribution in [-0.2, 0) is 6.54 Å². The number of rotatable bonds is 4. The Labute approximate surface area is 179 Å². The molecule has 0 saturated carbocycles. The molecule has 5 nitrogen and oxygen atoms in total. The predicted molar refractivity (Wildman–Crippen MR) is 113 cm³/mol. The first-order chi connectivity index (χ1) is 14.0. The van der Waals surface area contributed by atoms with Crippen molar-refractivity contribution in [2.24, 2.45) is 0 Å². The minimum absolute atomic E-state index is 0.140. The predicted octanol–water partition coefficient (Wildman–Crippen LogP) is 5.06. The molecule has 1 aliphatic heterocycles. The average molecular weight is 431 g/mol. The first kappa shape index (κ1) is 19.7. The number of methoxy groups -OCH3 is 2. The van der Waals surface area contributed by atoms with Crippen LogP contribution in [0.2, 0.25) is 10.0 Å². The summed E-state index contributed by atoms with van der Waals surface area (Å²) < 4.78 is 13.0. The second-order valence-electron chi connectivity index (χ2n) is 6.77. The first-order valence-corrected chi connectivity index (χ1v) is 9.92. The van der Waals surface area contributed by atoms with Crippen LogP contribution in [-0.4, -0.2) is 36.1 Å². The van der Waals surface area contributed by atoms with Crippen LogP contribution in [0.25, 0.3) is 0 Å². The quantitative estimate of drug-likeness (QED) is 0.580. The number of amides is 1. The minimum atomic E-state index is -0.280. The maximum atomic E-state index is 13.5. The number of halogens is 2. The summed E-state index contributed by atoms with van der Waals surface area (Å²) in [6, 6.07) is 14.4. The molecule has 29 heavy (non-hydrogen) atoms. The van der Waals surface area contributed by atoms with E-state index in [9.17, 15) is 4.79 Å². The maximum Gasteiger partial charge on any atom is 0.256 e. The van der Waals surface area contributed by atoms with Gasteiger partial charge in [-0.2, -0.15) is 0 Å². The van der Waals surface area contributed by atoms with Gasteiger partial charge in [-0.25, -0.2) is 0 Å². The summed E-state index contributed by atoms with van der Waals surface area (Å²) in [4.78, 5) is 15.3. The third-order valence-corrected chi connectivity index (χ3v) is 5.73. The van der Waals surface area contributed by atoms with E-state index in [1.54, 1.807) is 32.4 Å². The van der Waals surface area contributed by atoms with Crippen molar-refractivity contribution in [3.8, 4) is 11.5 Å². The van der Waals surface area contributed by atoms with Gasteiger partial charge in [0.2, 0.25) is 0 Å². The van der Waals surface area contributed by atoms with E-state index in [2.05, 4.69) is 4.57 Å². The van der Waals surface area contributed by atoms with Crippen molar-refractivity contribution in [3.63, 3.8) is 0 Å². The largest absolute Gasteiger partial charge is 0.493 e. The van der Waals surface area contributed by atoms with Gasteiger partial charge in [-0.1, -0.05) is 29.3 Å². The molecular weight excluding hydrogens is 411 g/mol. The van der Waals surface area contributed by atoms with E-state index >= 15 is 0 Å². The van der Waals surface area contributed by atoms with Gasteiger partial charge in [0.05, 0.1) is 30.8 Å². The zero-order chi connectivity index (χ0) is 20.5. The smallest absolute Gasteiger partial charge is 0.256 e. The molecule has 0 radical (unpaired) electrons. The molecule has 2 heterocycles. The van der Waals surface area contributed by atoms with Gasteiger partial charge in [-0.15, -0.1) is 0 Å². The molecule has 1 amide bonds. The fraction of sp³-hybridized carbons (Fsp3) is 0.227. The van der Waals surface area contributed by atoms with E-state index in [0.717, 1.165) is 11.3 Å². The lowest BCUT2D eigenvalue weighted by atomic mass is 9.98. The number of carbonyl (C=O) groups is 1. The van der Waals surface area contributed by atoms with Gasteiger partial charge in [0.1, 0.15) is 0 Å². The number of aromatic nitrogens is 1. The highest BCUT2D eigenvalue weighted by Gasteiger charge is 2.34. The molecule has 1 atom stereocenters. The summed E-state index contributed by atoms with van der Waals surface area (Å²) >= 11 is 12.3. The van der Waals surface area contributed by atoms with E-state index in [4.69, 9.17) is 32.7 Å². The van der Waals surface area contributed by atoms with Gasteiger partial charge < -0.3 is 18.9 Å². The molecule has 0 N–H and O–H groups in total. The zero-order valence-electron chi connectivity index (χ0n) is 16.1. The maximum absolute atomic E-state index is 13.5. The highest BCUT2D eigenvalue weighted by atomic mass is 35.5. The van der Waals surface area contributed by atoms with Crippen molar-refractivity contribution < 1.29 is 14.3 Å².